The van der Waals surface area contributed by atoms with Gasteiger partial charge in [0.15, 0.2) is 0 Å². The van der Waals surface area contributed by atoms with Gasteiger partial charge in [0.1, 0.15) is 11.6 Å². The van der Waals surface area contributed by atoms with Crippen molar-refractivity contribution in [3.63, 3.8) is 0 Å². The summed E-state index contributed by atoms with van der Waals surface area (Å²) in [4.78, 5) is 2.67. The first-order valence-corrected chi connectivity index (χ1v) is 6.42. The van der Waals surface area contributed by atoms with Crippen LogP contribution in [0.25, 0.3) is 0 Å². The van der Waals surface area contributed by atoms with Crippen molar-refractivity contribution in [2.45, 2.75) is 19.4 Å². The zero-order valence-electron chi connectivity index (χ0n) is 10.0. The topological polar surface area (TPSA) is 29.3 Å². The van der Waals surface area contributed by atoms with E-state index in [9.17, 15) is 8.78 Å². The molecule has 1 fully saturated rings. The first kappa shape index (κ1) is 13.4. The highest BCUT2D eigenvalue weighted by atomic mass is 32.1. The molecule has 0 spiro atoms. The standard InChI is InChI=1S/C13H16F2N2S/c14-11-4-9(5-12(15)6-11)7-17-3-1-2-10(8-17)13(16)18/h4-6,10H,1-3,7-8H2,(H2,16,18). The van der Waals surface area contributed by atoms with E-state index in [4.69, 9.17) is 18.0 Å². The van der Waals surface area contributed by atoms with Gasteiger partial charge in [0.2, 0.25) is 0 Å². The fraction of sp³-hybridized carbons (Fsp3) is 0.462. The molecule has 0 aliphatic carbocycles. The van der Waals surface area contributed by atoms with E-state index in [0.29, 0.717) is 17.1 Å². The van der Waals surface area contributed by atoms with E-state index in [-0.39, 0.29) is 5.92 Å². The van der Waals surface area contributed by atoms with Gasteiger partial charge in [-0.05, 0) is 37.1 Å². The van der Waals surface area contributed by atoms with Crippen LogP contribution in [0.2, 0.25) is 0 Å². The third kappa shape index (κ3) is 3.46. The van der Waals surface area contributed by atoms with Crippen LogP contribution < -0.4 is 5.73 Å². The Balaban J connectivity index is 2.02. The molecule has 98 valence electrons. The lowest BCUT2D eigenvalue weighted by atomic mass is 9.97. The summed E-state index contributed by atoms with van der Waals surface area (Å²) in [5.41, 5.74) is 6.30. The maximum atomic E-state index is 13.1. The van der Waals surface area contributed by atoms with Crippen molar-refractivity contribution < 1.29 is 8.78 Å². The van der Waals surface area contributed by atoms with Crippen molar-refractivity contribution >= 4 is 17.2 Å². The zero-order valence-corrected chi connectivity index (χ0v) is 10.9. The van der Waals surface area contributed by atoms with E-state index >= 15 is 0 Å². The molecule has 0 amide bonds. The highest BCUT2D eigenvalue weighted by Crippen LogP contribution is 2.19. The van der Waals surface area contributed by atoms with Gasteiger partial charge in [-0.15, -0.1) is 0 Å². The second kappa shape index (κ2) is 5.71. The fourth-order valence-electron chi connectivity index (χ4n) is 2.39. The van der Waals surface area contributed by atoms with Gasteiger partial charge < -0.3 is 5.73 Å². The predicted octanol–water partition coefficient (Wildman–Crippen LogP) is 2.46. The minimum absolute atomic E-state index is 0.215. The van der Waals surface area contributed by atoms with Crippen LogP contribution in [0.4, 0.5) is 8.78 Å². The number of halogens is 2. The Morgan fingerprint density at radius 1 is 1.33 bits per heavy atom. The van der Waals surface area contributed by atoms with Crippen LogP contribution in [0.5, 0.6) is 0 Å². The number of nitrogens with zero attached hydrogens (tertiary/aromatic N) is 1. The molecule has 18 heavy (non-hydrogen) atoms. The number of piperidine rings is 1. The van der Waals surface area contributed by atoms with E-state index in [1.165, 1.54) is 12.1 Å². The lowest BCUT2D eigenvalue weighted by Gasteiger charge is -2.32. The fourth-order valence-corrected chi connectivity index (χ4v) is 2.58. The van der Waals surface area contributed by atoms with Crippen LogP contribution in [-0.4, -0.2) is 23.0 Å². The summed E-state index contributed by atoms with van der Waals surface area (Å²) in [6.45, 7) is 2.22. The molecule has 1 heterocycles. The monoisotopic (exact) mass is 270 g/mol. The molecule has 2 N–H and O–H groups in total. The first-order chi connectivity index (χ1) is 8.54. The average molecular weight is 270 g/mol. The zero-order chi connectivity index (χ0) is 13.1. The molecule has 1 aromatic carbocycles. The number of rotatable bonds is 3. The molecule has 0 saturated carbocycles. The van der Waals surface area contributed by atoms with Gasteiger partial charge >= 0.3 is 0 Å². The van der Waals surface area contributed by atoms with Crippen molar-refractivity contribution in [1.29, 1.82) is 0 Å². The second-order valence-corrected chi connectivity index (χ2v) is 5.23. The smallest absolute Gasteiger partial charge is 0.126 e. The van der Waals surface area contributed by atoms with Crippen molar-refractivity contribution in [2.75, 3.05) is 13.1 Å². The summed E-state index contributed by atoms with van der Waals surface area (Å²) in [6, 6.07) is 3.62. The van der Waals surface area contributed by atoms with Crippen molar-refractivity contribution in [1.82, 2.24) is 4.90 Å². The number of hydrogen-bond acceptors (Lipinski definition) is 2. The third-order valence-corrected chi connectivity index (χ3v) is 3.57. The lowest BCUT2D eigenvalue weighted by molar-refractivity contribution is 0.197. The molecule has 0 bridgehead atoms. The summed E-state index contributed by atoms with van der Waals surface area (Å²) in [5, 5.41) is 0. The minimum Gasteiger partial charge on any atom is -0.393 e. The Hall–Kier alpha value is -1.07. The minimum atomic E-state index is -0.534. The quantitative estimate of drug-likeness (QED) is 0.856. The Bertz CT molecular complexity index is 430. The molecule has 5 heteroatoms. The molecular weight excluding hydrogens is 254 g/mol. The van der Waals surface area contributed by atoms with Gasteiger partial charge in [0.05, 0.1) is 4.99 Å². The molecule has 1 aromatic rings. The van der Waals surface area contributed by atoms with Crippen LogP contribution in [0.1, 0.15) is 18.4 Å². The van der Waals surface area contributed by atoms with Gasteiger partial charge in [-0.1, -0.05) is 12.2 Å². The Morgan fingerprint density at radius 2 is 2.00 bits per heavy atom. The molecule has 1 unspecified atom stereocenters. The first-order valence-electron chi connectivity index (χ1n) is 6.01. The van der Waals surface area contributed by atoms with Crippen molar-refractivity contribution in [2.24, 2.45) is 11.7 Å². The van der Waals surface area contributed by atoms with E-state index < -0.39 is 11.6 Å². The summed E-state index contributed by atoms with van der Waals surface area (Å²) in [5.74, 6) is -0.854. The Kier molecular flexibility index (Phi) is 4.24. The van der Waals surface area contributed by atoms with E-state index in [1.54, 1.807) is 0 Å². The van der Waals surface area contributed by atoms with Crippen LogP contribution in [-0.2, 0) is 6.54 Å². The van der Waals surface area contributed by atoms with Gasteiger partial charge in [-0.2, -0.15) is 0 Å². The van der Waals surface area contributed by atoms with Crippen molar-refractivity contribution in [3.8, 4) is 0 Å². The second-order valence-electron chi connectivity index (χ2n) is 4.75. The molecule has 2 rings (SSSR count). The van der Waals surface area contributed by atoms with Gasteiger partial charge in [-0.25, -0.2) is 8.78 Å². The molecule has 1 saturated heterocycles. The molecule has 2 nitrogen and oxygen atoms in total. The van der Waals surface area contributed by atoms with Gasteiger partial charge in [0.25, 0.3) is 0 Å². The molecular formula is C13H16F2N2S. The van der Waals surface area contributed by atoms with Gasteiger partial charge in [0, 0.05) is 25.1 Å². The predicted molar refractivity (Wildman–Crippen MR) is 71.1 cm³/mol. The van der Waals surface area contributed by atoms with Crippen LogP contribution in [0.3, 0.4) is 0 Å². The molecule has 0 aromatic heterocycles. The number of likely N-dealkylation sites (tertiary alicyclic amines) is 1. The summed E-state index contributed by atoms with van der Waals surface area (Å²) in [7, 11) is 0. The summed E-state index contributed by atoms with van der Waals surface area (Å²) in [6.07, 6.45) is 2.02. The normalized spacial score (nSPS) is 20.9. The number of hydrogen-bond donors (Lipinski definition) is 1. The average Bonchev–Trinajstić information content (AvgIpc) is 2.27. The molecule has 1 aliphatic rings. The van der Waals surface area contributed by atoms with Gasteiger partial charge in [-0.3, -0.25) is 4.90 Å². The maximum absolute atomic E-state index is 13.1. The number of nitrogens with two attached hydrogens (primary N) is 1. The van der Waals surface area contributed by atoms with Crippen LogP contribution >= 0.6 is 12.2 Å². The van der Waals surface area contributed by atoms with Crippen molar-refractivity contribution in [3.05, 3.63) is 35.4 Å². The van der Waals surface area contributed by atoms with Crippen LogP contribution in [0, 0.1) is 17.6 Å². The van der Waals surface area contributed by atoms with E-state index in [0.717, 1.165) is 32.0 Å². The summed E-state index contributed by atoms with van der Waals surface area (Å²) >= 11 is 5.01. The SMILES string of the molecule is NC(=S)C1CCCN(Cc2cc(F)cc(F)c2)C1. The number of benzene rings is 1. The number of thiocarbonyl (C=S) groups is 1. The van der Waals surface area contributed by atoms with E-state index in [2.05, 4.69) is 4.90 Å². The van der Waals surface area contributed by atoms with Crippen LogP contribution in [0.15, 0.2) is 18.2 Å². The third-order valence-electron chi connectivity index (χ3n) is 3.24. The Morgan fingerprint density at radius 3 is 2.61 bits per heavy atom. The largest absolute Gasteiger partial charge is 0.393 e. The highest BCUT2D eigenvalue weighted by molar-refractivity contribution is 7.80. The molecule has 0 radical (unpaired) electrons. The maximum Gasteiger partial charge on any atom is 0.126 e. The highest BCUT2D eigenvalue weighted by Gasteiger charge is 2.21. The molecule has 1 atom stereocenters. The Labute approximate surface area is 111 Å². The molecule has 1 aliphatic heterocycles. The van der Waals surface area contributed by atoms with E-state index in [1.807, 2.05) is 0 Å². The summed E-state index contributed by atoms with van der Waals surface area (Å²) < 4.78 is 26.2. The lowest BCUT2D eigenvalue weighted by Crippen LogP contribution is -2.40.